The van der Waals surface area contributed by atoms with Crippen LogP contribution in [-0.4, -0.2) is 22.6 Å². The Morgan fingerprint density at radius 2 is 2.00 bits per heavy atom. The molecule has 19 heavy (non-hydrogen) atoms. The molecule has 1 aliphatic rings. The van der Waals surface area contributed by atoms with Crippen LogP contribution in [0.1, 0.15) is 32.6 Å². The Bertz CT molecular complexity index is 585. The lowest BCUT2D eigenvalue weighted by Crippen LogP contribution is -2.33. The first kappa shape index (κ1) is 12.7. The monoisotopic (exact) mass is 275 g/mol. The number of hydrogen-bond acceptors (Lipinski definition) is 3. The first-order valence-corrected chi connectivity index (χ1v) is 7.32. The van der Waals surface area contributed by atoms with E-state index < -0.39 is 0 Å². The van der Waals surface area contributed by atoms with E-state index in [2.05, 4.69) is 27.9 Å². The summed E-state index contributed by atoms with van der Waals surface area (Å²) in [6, 6.07) is 8.61. The van der Waals surface area contributed by atoms with Gasteiger partial charge in [0.15, 0.2) is 0 Å². The van der Waals surface area contributed by atoms with Crippen molar-refractivity contribution in [3.8, 4) is 0 Å². The molecule has 0 N–H and O–H groups in total. The van der Waals surface area contributed by atoms with Crippen LogP contribution in [0.4, 0.5) is 5.82 Å². The zero-order chi connectivity index (χ0) is 13.2. The van der Waals surface area contributed by atoms with Gasteiger partial charge >= 0.3 is 0 Å². The summed E-state index contributed by atoms with van der Waals surface area (Å²) in [7, 11) is 0. The summed E-state index contributed by atoms with van der Waals surface area (Å²) >= 11 is 6.08. The molecule has 0 spiro atoms. The molecule has 1 aromatic heterocycles. The van der Waals surface area contributed by atoms with Crippen LogP contribution in [0.5, 0.6) is 0 Å². The number of anilines is 1. The van der Waals surface area contributed by atoms with Crippen molar-refractivity contribution in [2.24, 2.45) is 0 Å². The summed E-state index contributed by atoms with van der Waals surface area (Å²) < 4.78 is 0. The maximum atomic E-state index is 6.08. The molecule has 2 aromatic rings. The number of aromatic nitrogens is 2. The first-order valence-electron chi connectivity index (χ1n) is 6.94. The standard InChI is InChI=1S/C15H18ClN3/c1-11-7-3-2-6-10-19(11)14-12-8-4-5-9-13(12)17-15(16)18-14/h4-5,8-9,11H,2-3,6-7,10H2,1H3. The number of rotatable bonds is 1. The molecule has 1 saturated heterocycles. The fourth-order valence-electron chi connectivity index (χ4n) is 2.84. The lowest BCUT2D eigenvalue weighted by Gasteiger charge is -2.29. The Balaban J connectivity index is 2.12. The van der Waals surface area contributed by atoms with Gasteiger partial charge in [0.1, 0.15) is 5.82 Å². The van der Waals surface area contributed by atoms with Gasteiger partial charge in [-0.15, -0.1) is 0 Å². The minimum Gasteiger partial charge on any atom is -0.353 e. The van der Waals surface area contributed by atoms with Crippen LogP contribution in [0.15, 0.2) is 24.3 Å². The highest BCUT2D eigenvalue weighted by molar-refractivity contribution is 6.28. The molecule has 3 rings (SSSR count). The lowest BCUT2D eigenvalue weighted by molar-refractivity contribution is 0.612. The van der Waals surface area contributed by atoms with Gasteiger partial charge in [0.25, 0.3) is 0 Å². The zero-order valence-corrected chi connectivity index (χ0v) is 11.9. The molecule has 2 heterocycles. The molecule has 100 valence electrons. The Morgan fingerprint density at radius 3 is 2.89 bits per heavy atom. The molecule has 0 bridgehead atoms. The Hall–Kier alpha value is -1.35. The maximum Gasteiger partial charge on any atom is 0.224 e. The van der Waals surface area contributed by atoms with Crippen molar-refractivity contribution in [1.29, 1.82) is 0 Å². The van der Waals surface area contributed by atoms with Gasteiger partial charge in [0.05, 0.1) is 5.52 Å². The van der Waals surface area contributed by atoms with Gasteiger partial charge in [0.2, 0.25) is 5.28 Å². The van der Waals surface area contributed by atoms with E-state index in [0.717, 1.165) is 23.3 Å². The predicted octanol–water partition coefficient (Wildman–Crippen LogP) is 4.05. The third kappa shape index (κ3) is 2.52. The quantitative estimate of drug-likeness (QED) is 0.735. The van der Waals surface area contributed by atoms with Crippen molar-refractivity contribution in [1.82, 2.24) is 9.97 Å². The molecule has 1 aliphatic heterocycles. The number of hydrogen-bond donors (Lipinski definition) is 0. The van der Waals surface area contributed by atoms with E-state index in [1.165, 1.54) is 25.7 Å². The van der Waals surface area contributed by atoms with Crippen LogP contribution >= 0.6 is 11.6 Å². The second kappa shape index (κ2) is 5.33. The minimum absolute atomic E-state index is 0.338. The third-order valence-electron chi connectivity index (χ3n) is 3.88. The van der Waals surface area contributed by atoms with Crippen molar-refractivity contribution >= 4 is 28.3 Å². The van der Waals surface area contributed by atoms with Gasteiger partial charge in [-0.05, 0) is 43.5 Å². The summed E-state index contributed by atoms with van der Waals surface area (Å²) in [5.74, 6) is 0.991. The number of nitrogens with zero attached hydrogens (tertiary/aromatic N) is 3. The number of para-hydroxylation sites is 1. The summed E-state index contributed by atoms with van der Waals surface area (Å²) in [6.07, 6.45) is 5.04. The van der Waals surface area contributed by atoms with Crippen molar-refractivity contribution in [3.63, 3.8) is 0 Å². The number of benzene rings is 1. The van der Waals surface area contributed by atoms with Gasteiger partial charge < -0.3 is 4.90 Å². The summed E-state index contributed by atoms with van der Waals surface area (Å²) in [5.41, 5.74) is 0.925. The molecule has 3 nitrogen and oxygen atoms in total. The smallest absolute Gasteiger partial charge is 0.224 e. The van der Waals surface area contributed by atoms with E-state index in [-0.39, 0.29) is 0 Å². The van der Waals surface area contributed by atoms with E-state index in [9.17, 15) is 0 Å². The molecule has 1 aromatic carbocycles. The van der Waals surface area contributed by atoms with Gasteiger partial charge in [-0.1, -0.05) is 25.0 Å². The second-order valence-electron chi connectivity index (χ2n) is 5.23. The van der Waals surface area contributed by atoms with E-state index in [1.807, 2.05) is 18.2 Å². The van der Waals surface area contributed by atoms with E-state index in [0.29, 0.717) is 11.3 Å². The van der Waals surface area contributed by atoms with Crippen molar-refractivity contribution in [2.45, 2.75) is 38.6 Å². The van der Waals surface area contributed by atoms with Crippen LogP contribution in [0, 0.1) is 0 Å². The topological polar surface area (TPSA) is 29.0 Å². The number of halogens is 1. The van der Waals surface area contributed by atoms with E-state index in [1.54, 1.807) is 0 Å². The Kier molecular flexibility index (Phi) is 3.56. The van der Waals surface area contributed by atoms with E-state index >= 15 is 0 Å². The highest BCUT2D eigenvalue weighted by Crippen LogP contribution is 2.29. The average Bonchev–Trinajstić information content (AvgIpc) is 2.62. The van der Waals surface area contributed by atoms with Gasteiger partial charge in [0, 0.05) is 18.0 Å². The summed E-state index contributed by atoms with van der Waals surface area (Å²) in [5, 5.41) is 1.44. The molecule has 0 aliphatic carbocycles. The molecule has 0 saturated carbocycles. The second-order valence-corrected chi connectivity index (χ2v) is 5.56. The molecule has 1 atom stereocenters. The van der Waals surface area contributed by atoms with E-state index in [4.69, 9.17) is 11.6 Å². The Morgan fingerprint density at radius 1 is 1.16 bits per heavy atom. The molecule has 1 unspecified atom stereocenters. The summed E-state index contributed by atoms with van der Waals surface area (Å²) in [4.78, 5) is 11.2. The Labute approximate surface area is 118 Å². The first-order chi connectivity index (χ1) is 9.25. The fourth-order valence-corrected chi connectivity index (χ4v) is 3.01. The van der Waals surface area contributed by atoms with Crippen LogP contribution < -0.4 is 4.90 Å². The predicted molar refractivity (Wildman–Crippen MR) is 79.8 cm³/mol. The zero-order valence-electron chi connectivity index (χ0n) is 11.1. The van der Waals surface area contributed by atoms with Gasteiger partial charge in [-0.25, -0.2) is 4.98 Å². The molecular formula is C15H18ClN3. The van der Waals surface area contributed by atoms with Crippen molar-refractivity contribution in [2.75, 3.05) is 11.4 Å². The largest absolute Gasteiger partial charge is 0.353 e. The van der Waals surface area contributed by atoms with Crippen molar-refractivity contribution in [3.05, 3.63) is 29.5 Å². The normalized spacial score (nSPS) is 20.5. The summed E-state index contributed by atoms with van der Waals surface area (Å²) in [6.45, 7) is 3.33. The lowest BCUT2D eigenvalue weighted by atomic mass is 10.1. The molecule has 0 radical (unpaired) electrons. The molecule has 4 heteroatoms. The van der Waals surface area contributed by atoms with Crippen LogP contribution in [-0.2, 0) is 0 Å². The number of fused-ring (bicyclic) bond motifs is 1. The van der Waals surface area contributed by atoms with Crippen LogP contribution in [0.2, 0.25) is 5.28 Å². The third-order valence-corrected chi connectivity index (χ3v) is 4.05. The van der Waals surface area contributed by atoms with Gasteiger partial charge in [-0.2, -0.15) is 4.98 Å². The SMILES string of the molecule is CC1CCCCCN1c1nc(Cl)nc2ccccc12. The fraction of sp³-hybridized carbons (Fsp3) is 0.467. The van der Waals surface area contributed by atoms with Crippen molar-refractivity contribution < 1.29 is 0 Å². The highest BCUT2D eigenvalue weighted by atomic mass is 35.5. The minimum atomic E-state index is 0.338. The molecule has 0 amide bonds. The van der Waals surface area contributed by atoms with Gasteiger partial charge in [-0.3, -0.25) is 0 Å². The average molecular weight is 276 g/mol. The van der Waals surface area contributed by atoms with Crippen LogP contribution in [0.3, 0.4) is 0 Å². The maximum absolute atomic E-state index is 6.08. The highest BCUT2D eigenvalue weighted by Gasteiger charge is 2.21. The van der Waals surface area contributed by atoms with Crippen LogP contribution in [0.25, 0.3) is 10.9 Å². The molecule has 1 fully saturated rings. The molecular weight excluding hydrogens is 258 g/mol.